The third-order valence-electron chi connectivity index (χ3n) is 1.41. The number of ketones is 1. The highest BCUT2D eigenvalue weighted by Crippen LogP contribution is 2.16. The van der Waals surface area contributed by atoms with Crippen molar-refractivity contribution in [3.63, 3.8) is 0 Å². The molecule has 12 heavy (non-hydrogen) atoms. The molecule has 1 rings (SSSR count). The molecule has 0 unspecified atom stereocenters. The molecular formula is C7H10ClFN2O. The van der Waals surface area contributed by atoms with Gasteiger partial charge in [0, 0.05) is 18.7 Å². The molecule has 0 radical (unpaired) electrons. The highest BCUT2D eigenvalue weighted by molar-refractivity contribution is 6.04. The molecule has 1 heterocycles. The van der Waals surface area contributed by atoms with Crippen molar-refractivity contribution in [2.45, 2.75) is 19.4 Å². The van der Waals surface area contributed by atoms with E-state index in [1.54, 1.807) is 6.92 Å². The molecule has 0 aromatic rings. The predicted octanol–water partition coefficient (Wildman–Crippen LogP) is 0.980. The fourth-order valence-corrected chi connectivity index (χ4v) is 0.833. The summed E-state index contributed by atoms with van der Waals surface area (Å²) >= 11 is 0. The molecule has 0 aromatic heterocycles. The fourth-order valence-electron chi connectivity index (χ4n) is 0.833. The van der Waals surface area contributed by atoms with E-state index in [9.17, 15) is 9.18 Å². The molecule has 5 heteroatoms. The van der Waals surface area contributed by atoms with Crippen molar-refractivity contribution in [1.82, 2.24) is 0 Å². The topological polar surface area (TPSA) is 55.5 Å². The number of allylic oxidation sites excluding steroid dienone is 1. The van der Waals surface area contributed by atoms with Crippen LogP contribution in [0, 0.1) is 0 Å². The van der Waals surface area contributed by atoms with Crippen LogP contribution in [-0.2, 0) is 4.79 Å². The Morgan fingerprint density at radius 2 is 2.33 bits per heavy atom. The smallest absolute Gasteiger partial charge is 0.198 e. The lowest BCUT2D eigenvalue weighted by Crippen LogP contribution is -2.22. The number of aliphatic imine (C=N–C) groups is 1. The molecule has 2 N–H and O–H groups in total. The number of hydrogen-bond donors (Lipinski definition) is 1. The minimum Gasteiger partial charge on any atom is -0.323 e. The normalized spacial score (nSPS) is 19.1. The Balaban J connectivity index is 0.00000121. The van der Waals surface area contributed by atoms with Gasteiger partial charge in [0.2, 0.25) is 0 Å². The summed E-state index contributed by atoms with van der Waals surface area (Å²) in [5, 5.41) is 0. The van der Waals surface area contributed by atoms with Crippen LogP contribution in [-0.4, -0.2) is 18.0 Å². The van der Waals surface area contributed by atoms with E-state index >= 15 is 0 Å². The molecule has 1 aliphatic heterocycles. The van der Waals surface area contributed by atoms with Crippen LogP contribution in [0.25, 0.3) is 0 Å². The Morgan fingerprint density at radius 1 is 1.75 bits per heavy atom. The predicted molar refractivity (Wildman–Crippen MR) is 47.1 cm³/mol. The van der Waals surface area contributed by atoms with Crippen molar-refractivity contribution in [3.05, 3.63) is 11.5 Å². The summed E-state index contributed by atoms with van der Waals surface area (Å²) in [5.41, 5.74) is 5.41. The summed E-state index contributed by atoms with van der Waals surface area (Å²) in [6, 6.07) is -0.518. The standard InChI is InChI=1S/C7H9FN2O.ClH/c1-4(9)7-6(8)5(11)2-3-10-7;/h3-4H,2,9H2,1H3;1H/t4-;/m1./s1. The van der Waals surface area contributed by atoms with Crippen LogP contribution in [0.4, 0.5) is 4.39 Å². The van der Waals surface area contributed by atoms with Crippen molar-refractivity contribution < 1.29 is 9.18 Å². The van der Waals surface area contributed by atoms with Crippen LogP contribution in [0.15, 0.2) is 16.5 Å². The largest absolute Gasteiger partial charge is 0.323 e. The van der Waals surface area contributed by atoms with Gasteiger partial charge in [-0.3, -0.25) is 9.79 Å². The molecule has 3 nitrogen and oxygen atoms in total. The minimum absolute atomic E-state index is 0. The van der Waals surface area contributed by atoms with E-state index in [2.05, 4.69) is 4.99 Å². The van der Waals surface area contributed by atoms with Crippen molar-refractivity contribution >= 4 is 24.4 Å². The first-order chi connectivity index (χ1) is 5.13. The summed E-state index contributed by atoms with van der Waals surface area (Å²) in [6.07, 6.45) is 1.42. The van der Waals surface area contributed by atoms with Crippen LogP contribution in [0.1, 0.15) is 13.3 Å². The van der Waals surface area contributed by atoms with Gasteiger partial charge in [-0.05, 0) is 6.92 Å². The first-order valence-corrected chi connectivity index (χ1v) is 3.34. The SMILES string of the molecule is C[C@@H](N)C1=C(F)C(=O)CC=N1.Cl. The second kappa shape index (κ2) is 4.33. The fraction of sp³-hybridized carbons (Fsp3) is 0.429. The molecule has 0 saturated heterocycles. The number of rotatable bonds is 1. The van der Waals surface area contributed by atoms with E-state index in [-0.39, 0.29) is 24.5 Å². The molecule has 1 aliphatic rings. The monoisotopic (exact) mass is 192 g/mol. The first-order valence-electron chi connectivity index (χ1n) is 3.34. The summed E-state index contributed by atoms with van der Waals surface area (Å²) in [5.74, 6) is -1.32. The van der Waals surface area contributed by atoms with Gasteiger partial charge in [0.15, 0.2) is 11.6 Å². The number of nitrogens with zero attached hydrogens (tertiary/aromatic N) is 1. The zero-order valence-corrected chi connectivity index (χ0v) is 7.40. The van der Waals surface area contributed by atoms with Gasteiger partial charge in [0.05, 0.1) is 5.70 Å². The number of Topliss-reactive ketones (excluding diaryl/α,β-unsaturated/α-hetero) is 1. The summed E-state index contributed by atoms with van der Waals surface area (Å²) in [6.45, 7) is 1.59. The molecule has 0 fully saturated rings. The van der Waals surface area contributed by atoms with Crippen molar-refractivity contribution in [2.75, 3.05) is 0 Å². The van der Waals surface area contributed by atoms with E-state index in [1.165, 1.54) is 6.21 Å². The number of halogens is 2. The molecule has 0 spiro atoms. The minimum atomic E-state index is -0.789. The van der Waals surface area contributed by atoms with Crippen molar-refractivity contribution in [2.24, 2.45) is 10.7 Å². The average molecular weight is 193 g/mol. The maximum atomic E-state index is 12.8. The quantitative estimate of drug-likeness (QED) is 0.674. The molecule has 0 bridgehead atoms. The number of nitrogens with two attached hydrogens (primary N) is 1. The number of hydrogen-bond acceptors (Lipinski definition) is 3. The van der Waals surface area contributed by atoms with Gasteiger partial charge in [0.1, 0.15) is 0 Å². The summed E-state index contributed by atoms with van der Waals surface area (Å²) in [4.78, 5) is 14.4. The van der Waals surface area contributed by atoms with Crippen LogP contribution in [0.3, 0.4) is 0 Å². The number of carbonyl (C=O) groups excluding carboxylic acids is 1. The lowest BCUT2D eigenvalue weighted by atomic mass is 10.1. The Kier molecular flexibility index (Phi) is 4.06. The Morgan fingerprint density at radius 3 is 2.75 bits per heavy atom. The van der Waals surface area contributed by atoms with Crippen molar-refractivity contribution in [1.29, 1.82) is 0 Å². The second-order valence-electron chi connectivity index (χ2n) is 2.43. The summed E-state index contributed by atoms with van der Waals surface area (Å²) in [7, 11) is 0. The van der Waals surface area contributed by atoms with Crippen LogP contribution >= 0.6 is 12.4 Å². The van der Waals surface area contributed by atoms with Gasteiger partial charge in [0.25, 0.3) is 0 Å². The average Bonchev–Trinajstić information content (AvgIpc) is 1.94. The van der Waals surface area contributed by atoms with Crippen LogP contribution in [0.2, 0.25) is 0 Å². The van der Waals surface area contributed by atoms with Crippen LogP contribution in [0.5, 0.6) is 0 Å². The molecule has 0 saturated carbocycles. The van der Waals surface area contributed by atoms with E-state index < -0.39 is 17.7 Å². The Labute approximate surface area is 75.9 Å². The highest BCUT2D eigenvalue weighted by atomic mass is 35.5. The second-order valence-corrected chi connectivity index (χ2v) is 2.43. The van der Waals surface area contributed by atoms with Gasteiger partial charge < -0.3 is 5.73 Å². The van der Waals surface area contributed by atoms with Crippen LogP contribution < -0.4 is 5.73 Å². The highest BCUT2D eigenvalue weighted by Gasteiger charge is 2.19. The van der Waals surface area contributed by atoms with Gasteiger partial charge in [-0.1, -0.05) is 0 Å². The van der Waals surface area contributed by atoms with Gasteiger partial charge in [-0.2, -0.15) is 0 Å². The lowest BCUT2D eigenvalue weighted by Gasteiger charge is -2.10. The maximum Gasteiger partial charge on any atom is 0.198 e. The van der Waals surface area contributed by atoms with Gasteiger partial charge in [-0.15, -0.1) is 12.4 Å². The van der Waals surface area contributed by atoms with E-state index in [4.69, 9.17) is 5.73 Å². The third-order valence-corrected chi connectivity index (χ3v) is 1.41. The number of carbonyl (C=O) groups is 1. The molecule has 68 valence electrons. The van der Waals surface area contributed by atoms with E-state index in [1.807, 2.05) is 0 Å². The molecule has 0 amide bonds. The Hall–Kier alpha value is -0.740. The van der Waals surface area contributed by atoms with Gasteiger partial charge >= 0.3 is 0 Å². The van der Waals surface area contributed by atoms with E-state index in [0.717, 1.165) is 0 Å². The molecule has 0 aromatic carbocycles. The van der Waals surface area contributed by atoms with Crippen molar-refractivity contribution in [3.8, 4) is 0 Å². The zero-order chi connectivity index (χ0) is 8.43. The lowest BCUT2D eigenvalue weighted by molar-refractivity contribution is -0.116. The zero-order valence-electron chi connectivity index (χ0n) is 6.58. The third kappa shape index (κ3) is 2.12. The van der Waals surface area contributed by atoms with Gasteiger partial charge in [-0.25, -0.2) is 4.39 Å². The Bertz CT molecular complexity index is 248. The first kappa shape index (κ1) is 11.3. The summed E-state index contributed by atoms with van der Waals surface area (Å²) < 4.78 is 12.8. The molecule has 0 aliphatic carbocycles. The maximum absolute atomic E-state index is 12.8. The molecular weight excluding hydrogens is 183 g/mol. The van der Waals surface area contributed by atoms with E-state index in [0.29, 0.717) is 0 Å². The molecule has 1 atom stereocenters.